The molecule has 41 heavy (non-hydrogen) atoms. The number of nitrogens with zero attached hydrogens (tertiary/aromatic N) is 1. The highest BCUT2D eigenvalue weighted by atomic mass is 79.9. The molecule has 1 atom stereocenters. The van der Waals surface area contributed by atoms with Gasteiger partial charge >= 0.3 is 5.97 Å². The van der Waals surface area contributed by atoms with Gasteiger partial charge < -0.3 is 24.8 Å². The van der Waals surface area contributed by atoms with E-state index in [0.717, 1.165) is 43.4 Å². The topological polar surface area (TPSA) is 116 Å². The third-order valence-electron chi connectivity index (χ3n) is 7.28. The number of Topliss-reactive ketones (excluding diaryl/α,β-unsaturated/α-hetero) is 1. The van der Waals surface area contributed by atoms with Crippen molar-refractivity contribution in [3.8, 4) is 0 Å². The molecule has 1 heterocycles. The number of methoxy groups -OCH3 is 1. The number of halogens is 3. The molecule has 1 fully saturated rings. The zero-order valence-electron chi connectivity index (χ0n) is 22.6. The molecule has 2 aliphatic rings. The van der Waals surface area contributed by atoms with Crippen molar-refractivity contribution in [3.63, 3.8) is 0 Å². The Morgan fingerprint density at radius 2 is 1.68 bits per heavy atom. The highest BCUT2D eigenvalue weighted by molar-refractivity contribution is 9.12. The van der Waals surface area contributed by atoms with Crippen LogP contribution in [0.25, 0.3) is 0 Å². The quantitative estimate of drug-likeness (QED) is 0.213. The molecule has 220 valence electrons. The van der Waals surface area contributed by atoms with Gasteiger partial charge in [0, 0.05) is 37.3 Å². The normalized spacial score (nSPS) is 16.7. The first-order chi connectivity index (χ1) is 19.8. The van der Waals surface area contributed by atoms with Gasteiger partial charge in [-0.1, -0.05) is 54.6 Å². The molecule has 2 aromatic rings. The van der Waals surface area contributed by atoms with Gasteiger partial charge in [0.2, 0.25) is 0 Å². The van der Waals surface area contributed by atoms with Crippen LogP contribution >= 0.6 is 39.1 Å². The summed E-state index contributed by atoms with van der Waals surface area (Å²) in [6.07, 6.45) is 7.55. The van der Waals surface area contributed by atoms with Gasteiger partial charge in [0.1, 0.15) is 12.6 Å². The van der Waals surface area contributed by atoms with Crippen molar-refractivity contribution >= 4 is 62.5 Å². The Labute approximate surface area is 257 Å². The number of pyridine rings is 1. The number of aromatic nitrogens is 1. The lowest BCUT2D eigenvalue weighted by molar-refractivity contribution is -0.148. The van der Waals surface area contributed by atoms with Gasteiger partial charge in [-0.15, -0.1) is 0 Å². The average molecular weight is 669 g/mol. The van der Waals surface area contributed by atoms with E-state index < -0.39 is 23.3 Å². The van der Waals surface area contributed by atoms with Crippen molar-refractivity contribution in [2.45, 2.75) is 44.6 Å². The Morgan fingerprint density at radius 3 is 2.34 bits per heavy atom. The molecular weight excluding hydrogens is 637 g/mol. The van der Waals surface area contributed by atoms with Crippen LogP contribution in [0.15, 0.2) is 46.8 Å². The number of rotatable bonds is 13. The molecule has 12 heteroatoms. The summed E-state index contributed by atoms with van der Waals surface area (Å²) in [6, 6.07) is 6.35. The first-order valence-corrected chi connectivity index (χ1v) is 15.0. The maximum atomic E-state index is 13.2. The minimum absolute atomic E-state index is 0.0906. The van der Waals surface area contributed by atoms with E-state index in [1.54, 1.807) is 19.2 Å². The van der Waals surface area contributed by atoms with Gasteiger partial charge in [-0.25, -0.2) is 4.79 Å². The number of esters is 1. The Morgan fingerprint density at radius 1 is 1.02 bits per heavy atom. The van der Waals surface area contributed by atoms with E-state index in [9.17, 15) is 14.4 Å². The lowest BCUT2D eigenvalue weighted by Crippen LogP contribution is -2.53. The van der Waals surface area contributed by atoms with Gasteiger partial charge in [0.05, 0.1) is 45.3 Å². The van der Waals surface area contributed by atoms with Crippen molar-refractivity contribution in [2.75, 3.05) is 38.9 Å². The molecule has 2 N–H and O–H groups in total. The van der Waals surface area contributed by atoms with Gasteiger partial charge in [0.15, 0.2) is 5.78 Å². The monoisotopic (exact) mass is 667 g/mol. The second kappa shape index (κ2) is 14.6. The highest BCUT2D eigenvalue weighted by Gasteiger charge is 2.53. The van der Waals surface area contributed by atoms with Crippen LogP contribution in [0.1, 0.15) is 48.0 Å². The fraction of sp³-hybridized carbons (Fsp3) is 0.448. The zero-order valence-corrected chi connectivity index (χ0v) is 25.7. The third-order valence-corrected chi connectivity index (χ3v) is 8.61. The number of allylic oxidation sites excluding steroid dienone is 2. The fourth-order valence-electron chi connectivity index (χ4n) is 5.11. The molecule has 4 rings (SSSR count). The summed E-state index contributed by atoms with van der Waals surface area (Å²) in [4.78, 5) is 42.7. The molecule has 1 amide bonds. The summed E-state index contributed by atoms with van der Waals surface area (Å²) in [5, 5.41) is 6.43. The van der Waals surface area contributed by atoms with E-state index in [2.05, 4.69) is 31.5 Å². The standard InChI is InChI=1S/C29H32BrCl2N3O6/c1-39-11-12-40-13-14-41-28(38)22(35-25-24(30)26(36)29(25)9-3-2-4-10-29)15-18-5-7-19(8-6-18)34-27(37)23-20(31)16-33-17-21(23)32/h5-8,16-17,22,35H,2-4,9-15H2,1H3,(H,34,37)/t22-/m0/s1. The molecule has 1 aromatic carbocycles. The lowest BCUT2D eigenvalue weighted by atomic mass is 9.62. The predicted octanol–water partition coefficient (Wildman–Crippen LogP) is 5.49. The van der Waals surface area contributed by atoms with Crippen LogP contribution in [0.3, 0.4) is 0 Å². The van der Waals surface area contributed by atoms with Gasteiger partial charge in [-0.2, -0.15) is 0 Å². The maximum absolute atomic E-state index is 13.2. The summed E-state index contributed by atoms with van der Waals surface area (Å²) in [5.74, 6) is -0.819. The predicted molar refractivity (Wildman–Crippen MR) is 159 cm³/mol. The smallest absolute Gasteiger partial charge is 0.328 e. The first-order valence-electron chi connectivity index (χ1n) is 13.4. The summed E-state index contributed by atoms with van der Waals surface area (Å²) in [7, 11) is 1.59. The Balaban J connectivity index is 1.45. The van der Waals surface area contributed by atoms with E-state index in [1.807, 2.05) is 12.1 Å². The highest BCUT2D eigenvalue weighted by Crippen LogP contribution is 2.53. The molecular formula is C29H32BrCl2N3O6. The van der Waals surface area contributed by atoms with Crippen LogP contribution in [-0.2, 0) is 30.2 Å². The van der Waals surface area contributed by atoms with Crippen molar-refractivity contribution in [3.05, 3.63) is 68.0 Å². The number of benzene rings is 1. The second-order valence-corrected chi connectivity index (χ2v) is 11.6. The maximum Gasteiger partial charge on any atom is 0.328 e. The van der Waals surface area contributed by atoms with Crippen molar-refractivity contribution < 1.29 is 28.6 Å². The van der Waals surface area contributed by atoms with Gasteiger partial charge in [-0.05, 0) is 46.5 Å². The molecule has 0 radical (unpaired) electrons. The molecule has 1 spiro atoms. The number of nitrogens with one attached hydrogen (secondary N) is 2. The summed E-state index contributed by atoms with van der Waals surface area (Å²) in [6.45, 7) is 1.20. The van der Waals surface area contributed by atoms with Crippen LogP contribution in [0.5, 0.6) is 0 Å². The molecule has 0 saturated heterocycles. The summed E-state index contributed by atoms with van der Waals surface area (Å²) >= 11 is 15.6. The summed E-state index contributed by atoms with van der Waals surface area (Å²) < 4.78 is 16.4. The zero-order chi connectivity index (χ0) is 29.4. The van der Waals surface area contributed by atoms with Gasteiger partial charge in [-0.3, -0.25) is 14.6 Å². The number of carbonyl (C=O) groups is 3. The molecule has 2 aliphatic carbocycles. The molecule has 0 unspecified atom stereocenters. The molecule has 0 aliphatic heterocycles. The average Bonchev–Trinajstić information content (AvgIpc) is 2.97. The molecule has 9 nitrogen and oxygen atoms in total. The van der Waals surface area contributed by atoms with E-state index in [1.165, 1.54) is 12.4 Å². The minimum atomic E-state index is -0.738. The number of amides is 1. The van der Waals surface area contributed by atoms with E-state index >= 15 is 0 Å². The fourth-order valence-corrected chi connectivity index (χ4v) is 6.52. The minimum Gasteiger partial charge on any atom is -0.462 e. The van der Waals surface area contributed by atoms with Gasteiger partial charge in [0.25, 0.3) is 5.91 Å². The summed E-state index contributed by atoms with van der Waals surface area (Å²) in [5.41, 5.74) is 1.70. The third kappa shape index (κ3) is 7.48. The number of hydrogen-bond donors (Lipinski definition) is 2. The van der Waals surface area contributed by atoms with Crippen molar-refractivity contribution in [1.82, 2.24) is 10.3 Å². The second-order valence-electron chi connectivity index (χ2n) is 9.96. The van der Waals surface area contributed by atoms with Crippen LogP contribution in [0, 0.1) is 5.41 Å². The Hall–Kier alpha value is -2.50. The largest absolute Gasteiger partial charge is 0.462 e. The van der Waals surface area contributed by atoms with E-state index in [0.29, 0.717) is 29.8 Å². The molecule has 1 saturated carbocycles. The number of ketones is 1. The van der Waals surface area contributed by atoms with Crippen molar-refractivity contribution in [1.29, 1.82) is 0 Å². The van der Waals surface area contributed by atoms with Crippen LogP contribution in [0.4, 0.5) is 5.69 Å². The number of hydrogen-bond acceptors (Lipinski definition) is 8. The van der Waals surface area contributed by atoms with Crippen LogP contribution in [-0.4, -0.2) is 62.2 Å². The lowest BCUT2D eigenvalue weighted by Gasteiger charge is -2.46. The first kappa shape index (κ1) is 31.4. The van der Waals surface area contributed by atoms with E-state index in [-0.39, 0.29) is 34.6 Å². The Kier molecular flexibility index (Phi) is 11.2. The molecule has 1 aromatic heterocycles. The van der Waals surface area contributed by atoms with Crippen LogP contribution < -0.4 is 10.6 Å². The number of anilines is 1. The SMILES string of the molecule is COCCOCCOC(=O)[C@H](Cc1ccc(NC(=O)c2c(Cl)cncc2Cl)cc1)NC1=C(Br)C(=O)C12CCCCC2. The van der Waals surface area contributed by atoms with E-state index in [4.69, 9.17) is 37.4 Å². The van der Waals surface area contributed by atoms with Crippen molar-refractivity contribution in [2.24, 2.45) is 5.41 Å². The molecule has 0 bridgehead atoms. The Bertz CT molecular complexity index is 1280. The number of carbonyl (C=O) groups excluding carboxylic acids is 3. The van der Waals surface area contributed by atoms with Crippen LogP contribution in [0.2, 0.25) is 10.0 Å². The number of ether oxygens (including phenoxy) is 3.